The molecule has 2 aromatic rings. The van der Waals surface area contributed by atoms with E-state index in [1.54, 1.807) is 4.90 Å². The van der Waals surface area contributed by atoms with Gasteiger partial charge in [-0.2, -0.15) is 0 Å². The Kier molecular flexibility index (Phi) is 2.75. The molecule has 3 rings (SSSR count). The lowest BCUT2D eigenvalue weighted by atomic mass is 10.1. The van der Waals surface area contributed by atoms with Crippen LogP contribution >= 0.6 is 0 Å². The number of carbonyl (C=O) groups is 1. The van der Waals surface area contributed by atoms with Gasteiger partial charge in [-0.25, -0.2) is 0 Å². The minimum absolute atomic E-state index is 0.113. The largest absolute Gasteiger partial charge is 0.330 e. The van der Waals surface area contributed by atoms with Crippen molar-refractivity contribution in [1.82, 2.24) is 0 Å². The third-order valence-electron chi connectivity index (χ3n) is 3.61. The number of amides is 1. The molecule has 0 spiro atoms. The quantitative estimate of drug-likeness (QED) is 0.778. The van der Waals surface area contributed by atoms with Gasteiger partial charge in [-0.3, -0.25) is 4.79 Å². The molecule has 0 aliphatic carbocycles. The van der Waals surface area contributed by atoms with Crippen molar-refractivity contribution in [3.63, 3.8) is 0 Å². The Balaban J connectivity index is 2.16. The number of carbonyl (C=O) groups excluding carboxylic acids is 1. The van der Waals surface area contributed by atoms with Crippen LogP contribution in [-0.2, 0) is 4.79 Å². The number of hydrogen-bond acceptors (Lipinski definition) is 2. The van der Waals surface area contributed by atoms with Crippen LogP contribution in [0.2, 0.25) is 0 Å². The molecule has 1 heterocycles. The molecular weight excluding hydrogens is 236 g/mol. The number of aryl methyl sites for hydroxylation is 1. The second-order valence-electron chi connectivity index (χ2n) is 4.81. The second kappa shape index (κ2) is 4.43. The molecule has 19 heavy (non-hydrogen) atoms. The Morgan fingerprint density at radius 1 is 0.895 bits per heavy atom. The minimum atomic E-state index is 0.113. The van der Waals surface area contributed by atoms with E-state index < -0.39 is 0 Å². The van der Waals surface area contributed by atoms with Crippen LogP contribution < -0.4 is 9.80 Å². The van der Waals surface area contributed by atoms with Gasteiger partial charge in [0, 0.05) is 12.7 Å². The summed E-state index contributed by atoms with van der Waals surface area (Å²) in [5.74, 6) is 0.113. The van der Waals surface area contributed by atoms with Gasteiger partial charge in [0.15, 0.2) is 0 Å². The second-order valence-corrected chi connectivity index (χ2v) is 4.81. The van der Waals surface area contributed by atoms with Crippen molar-refractivity contribution < 1.29 is 4.79 Å². The van der Waals surface area contributed by atoms with Crippen LogP contribution in [0.15, 0.2) is 48.5 Å². The smallest absolute Gasteiger partial charge is 0.246 e. The maximum absolute atomic E-state index is 12.1. The van der Waals surface area contributed by atoms with E-state index in [0.29, 0.717) is 6.54 Å². The lowest BCUT2D eigenvalue weighted by molar-refractivity contribution is -0.117. The molecular formula is C16H16N2O. The van der Waals surface area contributed by atoms with Crippen molar-refractivity contribution in [2.24, 2.45) is 0 Å². The maximum Gasteiger partial charge on any atom is 0.246 e. The summed E-state index contributed by atoms with van der Waals surface area (Å²) < 4.78 is 0. The van der Waals surface area contributed by atoms with Gasteiger partial charge in [0.05, 0.1) is 11.4 Å². The molecule has 0 atom stereocenters. The van der Waals surface area contributed by atoms with E-state index in [2.05, 4.69) is 30.0 Å². The summed E-state index contributed by atoms with van der Waals surface area (Å²) in [6.07, 6.45) is 0. The first-order chi connectivity index (χ1) is 9.18. The molecule has 0 saturated carbocycles. The van der Waals surface area contributed by atoms with Gasteiger partial charge < -0.3 is 9.80 Å². The minimum Gasteiger partial charge on any atom is -0.330 e. The standard InChI is InChI=1S/C16H16N2O/c1-12-7-3-4-8-13(12)18-11-16(19)17(2)14-9-5-6-10-15(14)18/h3-10H,11H2,1-2H3. The van der Waals surface area contributed by atoms with Gasteiger partial charge in [0.2, 0.25) is 5.91 Å². The Bertz CT molecular complexity index is 636. The van der Waals surface area contributed by atoms with Crippen molar-refractivity contribution >= 4 is 23.0 Å². The molecule has 0 unspecified atom stereocenters. The molecule has 1 aliphatic rings. The molecule has 2 aromatic carbocycles. The highest BCUT2D eigenvalue weighted by Crippen LogP contribution is 2.38. The average molecular weight is 252 g/mol. The number of benzene rings is 2. The van der Waals surface area contributed by atoms with E-state index in [4.69, 9.17) is 0 Å². The van der Waals surface area contributed by atoms with Crippen LogP contribution in [0.1, 0.15) is 5.56 Å². The van der Waals surface area contributed by atoms with Gasteiger partial charge in [0.25, 0.3) is 0 Å². The van der Waals surface area contributed by atoms with Crippen molar-refractivity contribution in [3.05, 3.63) is 54.1 Å². The van der Waals surface area contributed by atoms with E-state index in [-0.39, 0.29) is 5.91 Å². The van der Waals surface area contributed by atoms with Crippen molar-refractivity contribution in [1.29, 1.82) is 0 Å². The zero-order chi connectivity index (χ0) is 13.4. The SMILES string of the molecule is Cc1ccccc1N1CC(=O)N(C)c2ccccc21. The van der Waals surface area contributed by atoms with Gasteiger partial charge in [-0.05, 0) is 30.7 Å². The highest BCUT2D eigenvalue weighted by atomic mass is 16.2. The summed E-state index contributed by atoms with van der Waals surface area (Å²) >= 11 is 0. The first kappa shape index (κ1) is 11.8. The average Bonchev–Trinajstić information content (AvgIpc) is 2.44. The zero-order valence-electron chi connectivity index (χ0n) is 11.1. The topological polar surface area (TPSA) is 23.6 Å². The van der Waals surface area contributed by atoms with Crippen LogP contribution in [0, 0.1) is 6.92 Å². The number of para-hydroxylation sites is 3. The summed E-state index contributed by atoms with van der Waals surface area (Å²) in [6.45, 7) is 2.46. The summed E-state index contributed by atoms with van der Waals surface area (Å²) in [5.41, 5.74) is 4.31. The molecule has 1 amide bonds. The Morgan fingerprint density at radius 2 is 1.47 bits per heavy atom. The molecule has 0 N–H and O–H groups in total. The lowest BCUT2D eigenvalue weighted by Gasteiger charge is -2.36. The molecule has 3 nitrogen and oxygen atoms in total. The van der Waals surface area contributed by atoms with Gasteiger partial charge >= 0.3 is 0 Å². The van der Waals surface area contributed by atoms with Gasteiger partial charge in [-0.1, -0.05) is 30.3 Å². The van der Waals surface area contributed by atoms with E-state index in [0.717, 1.165) is 17.1 Å². The van der Waals surface area contributed by atoms with E-state index in [9.17, 15) is 4.79 Å². The van der Waals surface area contributed by atoms with Gasteiger partial charge in [0.1, 0.15) is 6.54 Å². The molecule has 0 bridgehead atoms. The molecule has 0 saturated heterocycles. The summed E-state index contributed by atoms with van der Waals surface area (Å²) in [7, 11) is 1.83. The number of anilines is 3. The first-order valence-electron chi connectivity index (χ1n) is 6.37. The third kappa shape index (κ3) is 1.87. The zero-order valence-corrected chi connectivity index (χ0v) is 11.1. The number of hydrogen-bond donors (Lipinski definition) is 0. The van der Waals surface area contributed by atoms with Crippen LogP contribution in [0.5, 0.6) is 0 Å². The number of rotatable bonds is 1. The fourth-order valence-electron chi connectivity index (χ4n) is 2.52. The highest BCUT2D eigenvalue weighted by Gasteiger charge is 2.27. The number of fused-ring (bicyclic) bond motifs is 1. The van der Waals surface area contributed by atoms with E-state index in [1.807, 2.05) is 37.4 Å². The van der Waals surface area contributed by atoms with E-state index in [1.165, 1.54) is 5.56 Å². The summed E-state index contributed by atoms with van der Waals surface area (Å²) in [6, 6.07) is 16.2. The monoisotopic (exact) mass is 252 g/mol. The fourth-order valence-corrected chi connectivity index (χ4v) is 2.52. The first-order valence-corrected chi connectivity index (χ1v) is 6.37. The Labute approximate surface area is 113 Å². The molecule has 0 radical (unpaired) electrons. The predicted molar refractivity (Wildman–Crippen MR) is 78.0 cm³/mol. The molecule has 0 fully saturated rings. The lowest BCUT2D eigenvalue weighted by Crippen LogP contribution is -2.41. The van der Waals surface area contributed by atoms with Crippen molar-refractivity contribution in [2.75, 3.05) is 23.4 Å². The van der Waals surface area contributed by atoms with Crippen molar-refractivity contribution in [3.8, 4) is 0 Å². The fraction of sp³-hybridized carbons (Fsp3) is 0.188. The Morgan fingerprint density at radius 3 is 2.16 bits per heavy atom. The molecule has 0 aromatic heterocycles. The van der Waals surface area contributed by atoms with Gasteiger partial charge in [-0.15, -0.1) is 0 Å². The predicted octanol–water partition coefficient (Wildman–Crippen LogP) is 3.11. The van der Waals surface area contributed by atoms with Crippen molar-refractivity contribution in [2.45, 2.75) is 6.92 Å². The highest BCUT2D eigenvalue weighted by molar-refractivity contribution is 6.04. The summed E-state index contributed by atoms with van der Waals surface area (Å²) in [5, 5.41) is 0. The summed E-state index contributed by atoms with van der Waals surface area (Å²) in [4.78, 5) is 16.0. The normalized spacial score (nSPS) is 14.5. The van der Waals surface area contributed by atoms with Crippen LogP contribution in [-0.4, -0.2) is 19.5 Å². The number of nitrogens with zero attached hydrogens (tertiary/aromatic N) is 2. The van der Waals surface area contributed by atoms with E-state index >= 15 is 0 Å². The molecule has 1 aliphatic heterocycles. The van der Waals surface area contributed by atoms with Crippen LogP contribution in [0.25, 0.3) is 0 Å². The molecule has 96 valence electrons. The molecule has 3 heteroatoms. The third-order valence-corrected chi connectivity index (χ3v) is 3.61. The van der Waals surface area contributed by atoms with Crippen LogP contribution in [0.3, 0.4) is 0 Å². The maximum atomic E-state index is 12.1. The number of likely N-dealkylation sites (N-methyl/N-ethyl adjacent to an activating group) is 1. The van der Waals surface area contributed by atoms with Crippen LogP contribution in [0.4, 0.5) is 17.1 Å². The Hall–Kier alpha value is -2.29.